The third-order valence-electron chi connectivity index (χ3n) is 3.09. The van der Waals surface area contributed by atoms with Crippen LogP contribution in [0, 0.1) is 0 Å². The Morgan fingerprint density at radius 1 is 1.67 bits per heavy atom. The number of nitrogens with zero attached hydrogens (tertiary/aromatic N) is 1. The first-order valence-corrected chi connectivity index (χ1v) is 7.50. The molecule has 0 aromatic rings. The predicted octanol–water partition coefficient (Wildman–Crippen LogP) is 1.08. The molecule has 0 radical (unpaired) electrons. The van der Waals surface area contributed by atoms with Gasteiger partial charge in [-0.2, -0.15) is 11.8 Å². The van der Waals surface area contributed by atoms with Gasteiger partial charge in [-0.15, -0.1) is 11.8 Å². The van der Waals surface area contributed by atoms with Crippen molar-refractivity contribution in [2.75, 3.05) is 38.0 Å². The average molecular weight is 247 g/mol. The topological polar surface area (TPSA) is 29.5 Å². The summed E-state index contributed by atoms with van der Waals surface area (Å²) in [4.78, 5) is 13.6. The summed E-state index contributed by atoms with van der Waals surface area (Å²) in [6.45, 7) is 1.86. The summed E-state index contributed by atoms with van der Waals surface area (Å²) >= 11 is 3.58. The van der Waals surface area contributed by atoms with Gasteiger partial charge in [-0.25, -0.2) is 0 Å². The summed E-state index contributed by atoms with van der Waals surface area (Å²) in [5.74, 6) is 1.99. The first-order chi connectivity index (χ1) is 7.19. The van der Waals surface area contributed by atoms with Crippen molar-refractivity contribution in [1.82, 2.24) is 4.90 Å². The number of hydrogen-bond acceptors (Lipinski definition) is 4. The van der Waals surface area contributed by atoms with Crippen molar-refractivity contribution in [3.63, 3.8) is 0 Å². The monoisotopic (exact) mass is 247 g/mol. The van der Waals surface area contributed by atoms with E-state index in [1.165, 1.54) is 0 Å². The highest BCUT2D eigenvalue weighted by molar-refractivity contribution is 8.01. The Morgan fingerprint density at radius 2 is 2.40 bits per heavy atom. The fraction of sp³-hybridized carbons (Fsp3) is 0.900. The lowest BCUT2D eigenvalue weighted by molar-refractivity contribution is -0.133. The highest BCUT2D eigenvalue weighted by atomic mass is 32.2. The van der Waals surface area contributed by atoms with Gasteiger partial charge in [-0.3, -0.25) is 4.79 Å². The van der Waals surface area contributed by atoms with Crippen molar-refractivity contribution in [1.29, 1.82) is 0 Å². The molecule has 3 nitrogen and oxygen atoms in total. The summed E-state index contributed by atoms with van der Waals surface area (Å²) in [5.41, 5.74) is 0. The quantitative estimate of drug-likeness (QED) is 0.746. The van der Waals surface area contributed by atoms with Gasteiger partial charge in [0, 0.05) is 26.0 Å². The summed E-state index contributed by atoms with van der Waals surface area (Å²) < 4.78 is 5.69. The zero-order valence-electron chi connectivity index (χ0n) is 9.19. The van der Waals surface area contributed by atoms with Crippen LogP contribution >= 0.6 is 23.5 Å². The molecule has 0 aliphatic carbocycles. The minimum absolute atomic E-state index is 0.287. The van der Waals surface area contributed by atoms with E-state index in [0.717, 1.165) is 25.3 Å². The Kier molecular flexibility index (Phi) is 3.52. The summed E-state index contributed by atoms with van der Waals surface area (Å²) in [5, 5.41) is 0. The van der Waals surface area contributed by atoms with E-state index in [9.17, 15) is 4.79 Å². The molecule has 15 heavy (non-hydrogen) atoms. The van der Waals surface area contributed by atoms with E-state index in [0.29, 0.717) is 16.6 Å². The van der Waals surface area contributed by atoms with E-state index >= 15 is 0 Å². The maximum Gasteiger partial charge on any atom is 0.232 e. The largest absolute Gasteiger partial charge is 0.381 e. The zero-order chi connectivity index (χ0) is 10.9. The molecular weight excluding hydrogens is 230 g/mol. The number of hydrogen-bond donors (Lipinski definition) is 0. The number of carbonyl (C=O) groups is 1. The number of ether oxygens (including phenoxy) is 1. The van der Waals surface area contributed by atoms with Gasteiger partial charge in [-0.1, -0.05) is 0 Å². The van der Waals surface area contributed by atoms with Crippen LogP contribution in [-0.4, -0.2) is 59.6 Å². The number of thioether (sulfide) groups is 2. The first-order valence-electron chi connectivity index (χ1n) is 5.12. The molecule has 0 aromatic carbocycles. The maximum atomic E-state index is 11.6. The second-order valence-corrected chi connectivity index (χ2v) is 6.59. The fourth-order valence-corrected chi connectivity index (χ4v) is 4.24. The Labute approximate surface area is 99.3 Å². The smallest absolute Gasteiger partial charge is 0.232 e. The van der Waals surface area contributed by atoms with Crippen LogP contribution in [-0.2, 0) is 9.53 Å². The lowest BCUT2D eigenvalue weighted by atomic mass is 9.93. The van der Waals surface area contributed by atoms with Crippen molar-refractivity contribution < 1.29 is 9.53 Å². The molecule has 2 rings (SSSR count). The summed E-state index contributed by atoms with van der Waals surface area (Å²) in [6.07, 6.45) is 3.48. The molecule has 2 saturated heterocycles. The molecule has 86 valence electrons. The van der Waals surface area contributed by atoms with Crippen LogP contribution in [0.15, 0.2) is 0 Å². The number of likely N-dealkylation sites (tertiary alicyclic amines) is 1. The van der Waals surface area contributed by atoms with Gasteiger partial charge in [0.15, 0.2) is 0 Å². The van der Waals surface area contributed by atoms with Crippen LogP contribution < -0.4 is 0 Å². The van der Waals surface area contributed by atoms with E-state index in [1.807, 2.05) is 22.9 Å². The number of methoxy groups -OCH3 is 1. The van der Waals surface area contributed by atoms with Gasteiger partial charge >= 0.3 is 0 Å². The highest BCUT2D eigenvalue weighted by Crippen LogP contribution is 2.45. The number of carbonyl (C=O) groups excluding carboxylic acids is 1. The van der Waals surface area contributed by atoms with Crippen molar-refractivity contribution in [3.8, 4) is 0 Å². The molecule has 1 amide bonds. The first kappa shape index (κ1) is 11.6. The minimum atomic E-state index is 0.287. The third-order valence-corrected chi connectivity index (χ3v) is 5.20. The molecule has 2 aliphatic heterocycles. The molecular formula is C10H17NO2S2. The van der Waals surface area contributed by atoms with E-state index < -0.39 is 0 Å². The van der Waals surface area contributed by atoms with Gasteiger partial charge in [-0.05, 0) is 12.7 Å². The molecule has 2 heterocycles. The molecule has 5 heteroatoms. The van der Waals surface area contributed by atoms with Crippen LogP contribution in [0.4, 0.5) is 0 Å². The summed E-state index contributed by atoms with van der Waals surface area (Å²) in [6, 6.07) is 0. The van der Waals surface area contributed by atoms with Gasteiger partial charge in [0.05, 0.1) is 16.6 Å². The van der Waals surface area contributed by atoms with Gasteiger partial charge in [0.2, 0.25) is 5.91 Å². The van der Waals surface area contributed by atoms with Crippen LogP contribution in [0.3, 0.4) is 0 Å². The minimum Gasteiger partial charge on any atom is -0.381 e. The molecule has 0 aromatic heterocycles. The van der Waals surface area contributed by atoms with Gasteiger partial charge in [0.25, 0.3) is 0 Å². The van der Waals surface area contributed by atoms with Crippen molar-refractivity contribution >= 4 is 29.4 Å². The van der Waals surface area contributed by atoms with Crippen molar-refractivity contribution in [2.45, 2.75) is 17.3 Å². The van der Waals surface area contributed by atoms with E-state index in [4.69, 9.17) is 4.74 Å². The van der Waals surface area contributed by atoms with Gasteiger partial charge < -0.3 is 9.64 Å². The standard InChI is InChI=1S/C10H17NO2S2/c1-13-8-3-10(15-4-8)6-11(7-10)9(12)5-14-2/h8H,3-7H2,1-2H3/t8-/m0/s1. The van der Waals surface area contributed by atoms with E-state index in [1.54, 1.807) is 18.9 Å². The predicted molar refractivity (Wildman–Crippen MR) is 65.6 cm³/mol. The Morgan fingerprint density at radius 3 is 2.93 bits per heavy atom. The number of amides is 1. The highest BCUT2D eigenvalue weighted by Gasteiger charge is 2.50. The molecule has 2 fully saturated rings. The Hall–Kier alpha value is 0.130. The number of rotatable bonds is 3. The maximum absolute atomic E-state index is 11.6. The lowest BCUT2D eigenvalue weighted by Gasteiger charge is -2.47. The molecule has 0 saturated carbocycles. The average Bonchev–Trinajstić information content (AvgIpc) is 2.59. The van der Waals surface area contributed by atoms with Crippen molar-refractivity contribution in [3.05, 3.63) is 0 Å². The Balaban J connectivity index is 1.80. The van der Waals surface area contributed by atoms with Crippen molar-refractivity contribution in [2.24, 2.45) is 0 Å². The second-order valence-electron chi connectivity index (χ2n) is 4.24. The van der Waals surface area contributed by atoms with Crippen LogP contribution in [0.5, 0.6) is 0 Å². The molecule has 1 spiro atoms. The second kappa shape index (κ2) is 4.55. The van der Waals surface area contributed by atoms with Crippen LogP contribution in [0.1, 0.15) is 6.42 Å². The molecule has 0 bridgehead atoms. The van der Waals surface area contributed by atoms with Gasteiger partial charge in [0.1, 0.15) is 0 Å². The normalized spacial score (nSPS) is 28.1. The summed E-state index contributed by atoms with van der Waals surface area (Å²) in [7, 11) is 1.78. The van der Waals surface area contributed by atoms with E-state index in [-0.39, 0.29) is 5.91 Å². The lowest BCUT2D eigenvalue weighted by Crippen LogP contribution is -2.61. The molecule has 0 N–H and O–H groups in total. The van der Waals surface area contributed by atoms with E-state index in [2.05, 4.69) is 0 Å². The fourth-order valence-electron chi connectivity index (χ4n) is 2.21. The molecule has 1 atom stereocenters. The Bertz CT molecular complexity index is 254. The third kappa shape index (κ3) is 2.29. The SMILES string of the molecule is CO[C@@H]1CSC2(C1)CN(C(=O)CSC)C2. The molecule has 0 unspecified atom stereocenters. The van der Waals surface area contributed by atoms with Crippen LogP contribution in [0.2, 0.25) is 0 Å². The molecule has 2 aliphatic rings. The van der Waals surface area contributed by atoms with Crippen LogP contribution in [0.25, 0.3) is 0 Å². The zero-order valence-corrected chi connectivity index (χ0v) is 10.8.